The zero-order valence-electron chi connectivity index (χ0n) is 8.86. The number of hydrogen-bond donors (Lipinski definition) is 2. The molecule has 1 fully saturated rings. The van der Waals surface area contributed by atoms with E-state index in [1.165, 1.54) is 0 Å². The molecule has 0 spiro atoms. The van der Waals surface area contributed by atoms with Crippen molar-refractivity contribution in [2.45, 2.75) is 31.8 Å². The first-order chi connectivity index (χ1) is 7.69. The molecule has 0 saturated heterocycles. The number of carbonyl (C=O) groups is 1. The highest BCUT2D eigenvalue weighted by Crippen LogP contribution is 2.20. The summed E-state index contributed by atoms with van der Waals surface area (Å²) in [6.07, 6.45) is 3.43. The van der Waals surface area contributed by atoms with Crippen LogP contribution < -0.4 is 10.6 Å². The summed E-state index contributed by atoms with van der Waals surface area (Å²) in [6.45, 7) is 1.76. The lowest BCUT2D eigenvalue weighted by Gasteiger charge is -2.34. The molecule has 1 aromatic rings. The van der Waals surface area contributed by atoms with Gasteiger partial charge in [-0.15, -0.1) is 0 Å². The lowest BCUT2D eigenvalue weighted by molar-refractivity contribution is 0.0868. The normalized spacial score (nSPS) is 23.0. The summed E-state index contributed by atoms with van der Waals surface area (Å²) >= 11 is 0. The Hall–Kier alpha value is -2.03. The molecule has 1 amide bonds. The minimum absolute atomic E-state index is 0.115. The highest BCUT2D eigenvalue weighted by molar-refractivity contribution is 5.91. The molecular formula is C10H12N4O2. The van der Waals surface area contributed by atoms with Crippen molar-refractivity contribution in [2.24, 2.45) is 0 Å². The quantitative estimate of drug-likeness (QED) is 0.565. The van der Waals surface area contributed by atoms with Crippen molar-refractivity contribution in [1.29, 1.82) is 5.26 Å². The number of rotatable bonds is 3. The summed E-state index contributed by atoms with van der Waals surface area (Å²) in [5, 5.41) is 17.5. The minimum atomic E-state index is -0.249. The third-order valence-corrected chi connectivity index (χ3v) is 2.59. The molecule has 84 valence electrons. The zero-order chi connectivity index (χ0) is 11.5. The summed E-state index contributed by atoms with van der Waals surface area (Å²) in [5.41, 5.74) is 0.683. The predicted octanol–water partition coefficient (Wildman–Crippen LogP) is 0.315. The first kappa shape index (κ1) is 10.5. The highest BCUT2D eigenvalue weighted by atomic mass is 16.5. The highest BCUT2D eigenvalue weighted by Gasteiger charge is 2.30. The summed E-state index contributed by atoms with van der Waals surface area (Å²) in [7, 11) is 0. The van der Waals surface area contributed by atoms with Crippen LogP contribution >= 0.6 is 0 Å². The second kappa shape index (κ2) is 4.23. The van der Waals surface area contributed by atoms with Crippen LogP contribution in [0.2, 0.25) is 0 Å². The maximum Gasteiger partial charge on any atom is 0.290 e. The van der Waals surface area contributed by atoms with E-state index >= 15 is 0 Å². The maximum atomic E-state index is 11.6. The average Bonchev–Trinajstić information content (AvgIpc) is 2.61. The van der Waals surface area contributed by atoms with E-state index < -0.39 is 0 Å². The molecule has 1 saturated carbocycles. The summed E-state index contributed by atoms with van der Waals surface area (Å²) < 4.78 is 4.84. The molecule has 0 radical (unpaired) electrons. The monoisotopic (exact) mass is 220 g/mol. The Morgan fingerprint density at radius 1 is 1.62 bits per heavy atom. The van der Waals surface area contributed by atoms with Gasteiger partial charge in [-0.05, 0) is 19.8 Å². The van der Waals surface area contributed by atoms with Gasteiger partial charge < -0.3 is 15.2 Å². The number of nitriles is 1. The van der Waals surface area contributed by atoms with Gasteiger partial charge >= 0.3 is 0 Å². The second-order valence-electron chi connectivity index (χ2n) is 3.93. The van der Waals surface area contributed by atoms with Crippen molar-refractivity contribution in [3.63, 3.8) is 0 Å². The van der Waals surface area contributed by atoms with Gasteiger partial charge in [0, 0.05) is 18.2 Å². The second-order valence-corrected chi connectivity index (χ2v) is 3.93. The van der Waals surface area contributed by atoms with E-state index in [9.17, 15) is 4.79 Å². The van der Waals surface area contributed by atoms with Gasteiger partial charge in [0.1, 0.15) is 0 Å². The number of aryl methyl sites for hydroxylation is 1. The van der Waals surface area contributed by atoms with Gasteiger partial charge in [0.2, 0.25) is 5.76 Å². The van der Waals surface area contributed by atoms with Gasteiger partial charge in [-0.2, -0.15) is 5.26 Å². The smallest absolute Gasteiger partial charge is 0.290 e. The van der Waals surface area contributed by atoms with E-state index in [4.69, 9.17) is 9.78 Å². The molecule has 0 atom stereocenters. The van der Waals surface area contributed by atoms with Crippen LogP contribution in [0.3, 0.4) is 0 Å². The Morgan fingerprint density at radius 3 is 2.94 bits per heavy atom. The molecule has 2 N–H and O–H groups in total. The number of carbonyl (C=O) groups excluding carboxylic acids is 1. The molecular weight excluding hydrogens is 208 g/mol. The molecule has 6 nitrogen and oxygen atoms in total. The minimum Gasteiger partial charge on any atom is -0.351 e. The van der Waals surface area contributed by atoms with Crippen molar-refractivity contribution < 1.29 is 9.32 Å². The number of nitrogens with one attached hydrogen (secondary N) is 2. The molecule has 6 heteroatoms. The molecule has 1 aliphatic carbocycles. The largest absolute Gasteiger partial charge is 0.351 e. The van der Waals surface area contributed by atoms with Crippen molar-refractivity contribution in [2.75, 3.05) is 0 Å². The van der Waals surface area contributed by atoms with Crippen LogP contribution in [-0.2, 0) is 0 Å². The predicted molar refractivity (Wildman–Crippen MR) is 54.3 cm³/mol. The number of hydrogen-bond acceptors (Lipinski definition) is 5. The van der Waals surface area contributed by atoms with Crippen LogP contribution in [0.1, 0.15) is 29.1 Å². The lowest BCUT2D eigenvalue weighted by atomic mass is 9.87. The molecule has 1 aliphatic rings. The van der Waals surface area contributed by atoms with E-state index in [0.717, 1.165) is 12.8 Å². The fourth-order valence-electron chi connectivity index (χ4n) is 1.67. The fraction of sp³-hybridized carbons (Fsp3) is 0.500. The zero-order valence-corrected chi connectivity index (χ0v) is 8.86. The molecule has 0 unspecified atom stereocenters. The van der Waals surface area contributed by atoms with Crippen molar-refractivity contribution >= 4 is 5.91 Å². The van der Waals surface area contributed by atoms with Crippen LogP contribution in [0.4, 0.5) is 0 Å². The van der Waals surface area contributed by atoms with Crippen LogP contribution in [-0.4, -0.2) is 23.1 Å². The Kier molecular flexibility index (Phi) is 2.77. The molecule has 1 aromatic heterocycles. The molecule has 0 aromatic carbocycles. The summed E-state index contributed by atoms with van der Waals surface area (Å²) in [5.74, 6) is -0.0183. The number of aromatic nitrogens is 1. The Balaban J connectivity index is 1.80. The summed E-state index contributed by atoms with van der Waals surface area (Å²) in [4.78, 5) is 11.6. The maximum absolute atomic E-state index is 11.6. The molecule has 2 rings (SSSR count). The third-order valence-electron chi connectivity index (χ3n) is 2.59. The van der Waals surface area contributed by atoms with E-state index in [1.54, 1.807) is 13.0 Å². The fourth-order valence-corrected chi connectivity index (χ4v) is 1.67. The van der Waals surface area contributed by atoms with Crippen molar-refractivity contribution in [1.82, 2.24) is 15.8 Å². The van der Waals surface area contributed by atoms with Gasteiger partial charge in [-0.3, -0.25) is 4.79 Å². The molecule has 0 aliphatic heterocycles. The van der Waals surface area contributed by atoms with Gasteiger partial charge in [0.15, 0.2) is 6.19 Å². The average molecular weight is 220 g/mol. The molecule has 1 heterocycles. The van der Waals surface area contributed by atoms with Gasteiger partial charge in [0.25, 0.3) is 5.91 Å². The van der Waals surface area contributed by atoms with Gasteiger partial charge in [-0.1, -0.05) is 5.16 Å². The van der Waals surface area contributed by atoms with Crippen molar-refractivity contribution in [3.8, 4) is 6.19 Å². The topological polar surface area (TPSA) is 91.0 Å². The van der Waals surface area contributed by atoms with Crippen LogP contribution in [0.5, 0.6) is 0 Å². The Labute approximate surface area is 92.6 Å². The van der Waals surface area contributed by atoms with E-state index in [-0.39, 0.29) is 23.8 Å². The number of nitrogens with zero attached hydrogens (tertiary/aromatic N) is 2. The van der Waals surface area contributed by atoms with Crippen LogP contribution in [0.15, 0.2) is 10.6 Å². The van der Waals surface area contributed by atoms with Crippen molar-refractivity contribution in [3.05, 3.63) is 17.5 Å². The van der Waals surface area contributed by atoms with Gasteiger partial charge in [0.05, 0.1) is 5.69 Å². The third kappa shape index (κ3) is 2.14. The lowest BCUT2D eigenvalue weighted by Crippen LogP contribution is -2.51. The van der Waals surface area contributed by atoms with Crippen LogP contribution in [0, 0.1) is 18.4 Å². The number of amides is 1. The Morgan fingerprint density at radius 2 is 2.38 bits per heavy atom. The first-order valence-electron chi connectivity index (χ1n) is 5.08. The van der Waals surface area contributed by atoms with Crippen LogP contribution in [0.25, 0.3) is 0 Å². The summed E-state index contributed by atoms with van der Waals surface area (Å²) in [6, 6.07) is 1.90. The van der Waals surface area contributed by atoms with Gasteiger partial charge in [-0.25, -0.2) is 0 Å². The SMILES string of the molecule is Cc1cc(C(=O)NC2CC(NC#N)C2)on1. The Bertz CT molecular complexity index is 428. The molecule has 16 heavy (non-hydrogen) atoms. The van der Waals surface area contributed by atoms with E-state index in [0.29, 0.717) is 5.69 Å². The first-order valence-corrected chi connectivity index (χ1v) is 5.08. The molecule has 0 bridgehead atoms. The van der Waals surface area contributed by atoms with E-state index in [2.05, 4.69) is 15.8 Å². The standard InChI is InChI=1S/C10H12N4O2/c1-6-2-9(16-14-6)10(15)13-8-3-7(4-8)12-5-11/h2,7-8,12H,3-4H2,1H3,(H,13,15). The van der Waals surface area contributed by atoms with E-state index in [1.807, 2.05) is 6.19 Å².